The summed E-state index contributed by atoms with van der Waals surface area (Å²) in [4.78, 5) is 0. The SMILES string of the molecule is C=CCC(N)c1ccc(C)cc1O. The van der Waals surface area contributed by atoms with Gasteiger partial charge in [0.2, 0.25) is 0 Å². The van der Waals surface area contributed by atoms with Crippen molar-refractivity contribution in [3.63, 3.8) is 0 Å². The molecule has 0 aromatic heterocycles. The first-order chi connectivity index (χ1) is 6.15. The second-order valence-corrected chi connectivity index (χ2v) is 3.19. The van der Waals surface area contributed by atoms with Crippen LogP contribution in [-0.4, -0.2) is 5.11 Å². The van der Waals surface area contributed by atoms with Crippen molar-refractivity contribution in [3.8, 4) is 5.75 Å². The van der Waals surface area contributed by atoms with Crippen LogP contribution in [-0.2, 0) is 0 Å². The number of aryl methyl sites for hydroxylation is 1. The second kappa shape index (κ2) is 4.10. The number of nitrogens with two attached hydrogens (primary N) is 1. The van der Waals surface area contributed by atoms with Crippen molar-refractivity contribution in [1.29, 1.82) is 0 Å². The highest BCUT2D eigenvalue weighted by Gasteiger charge is 2.08. The first kappa shape index (κ1) is 9.81. The summed E-state index contributed by atoms with van der Waals surface area (Å²) in [6.45, 7) is 5.54. The minimum atomic E-state index is -0.155. The van der Waals surface area contributed by atoms with E-state index in [2.05, 4.69) is 6.58 Å². The normalized spacial score (nSPS) is 12.5. The van der Waals surface area contributed by atoms with Gasteiger partial charge in [-0.3, -0.25) is 0 Å². The molecular weight excluding hydrogens is 162 g/mol. The Labute approximate surface area is 78.7 Å². The fourth-order valence-electron chi connectivity index (χ4n) is 1.27. The van der Waals surface area contributed by atoms with Gasteiger partial charge in [0.25, 0.3) is 0 Å². The number of benzene rings is 1. The molecule has 0 radical (unpaired) electrons. The minimum absolute atomic E-state index is 0.155. The monoisotopic (exact) mass is 177 g/mol. The molecule has 0 spiro atoms. The lowest BCUT2D eigenvalue weighted by molar-refractivity contribution is 0.461. The molecule has 0 amide bonds. The maximum Gasteiger partial charge on any atom is 0.120 e. The van der Waals surface area contributed by atoms with E-state index in [4.69, 9.17) is 5.73 Å². The molecule has 3 N–H and O–H groups in total. The minimum Gasteiger partial charge on any atom is -0.508 e. The van der Waals surface area contributed by atoms with Gasteiger partial charge in [-0.15, -0.1) is 6.58 Å². The van der Waals surface area contributed by atoms with Crippen LogP contribution in [0.3, 0.4) is 0 Å². The number of hydrogen-bond acceptors (Lipinski definition) is 2. The zero-order valence-corrected chi connectivity index (χ0v) is 7.83. The maximum atomic E-state index is 9.57. The molecule has 70 valence electrons. The Balaban J connectivity index is 2.94. The Morgan fingerprint density at radius 3 is 2.85 bits per heavy atom. The molecule has 13 heavy (non-hydrogen) atoms. The molecule has 0 aliphatic carbocycles. The first-order valence-corrected chi connectivity index (χ1v) is 4.31. The Hall–Kier alpha value is -1.28. The molecule has 0 bridgehead atoms. The summed E-state index contributed by atoms with van der Waals surface area (Å²) in [5.74, 6) is 0.273. The second-order valence-electron chi connectivity index (χ2n) is 3.19. The van der Waals surface area contributed by atoms with Crippen molar-refractivity contribution >= 4 is 0 Å². The molecule has 0 aliphatic rings. The molecule has 0 aliphatic heterocycles. The quantitative estimate of drug-likeness (QED) is 0.696. The zero-order chi connectivity index (χ0) is 9.84. The first-order valence-electron chi connectivity index (χ1n) is 4.31. The van der Waals surface area contributed by atoms with Crippen LogP contribution in [0, 0.1) is 6.92 Å². The Morgan fingerprint density at radius 1 is 1.62 bits per heavy atom. The average Bonchev–Trinajstić information content (AvgIpc) is 2.04. The van der Waals surface area contributed by atoms with Crippen LogP contribution in [0.25, 0.3) is 0 Å². The van der Waals surface area contributed by atoms with Gasteiger partial charge in [-0.1, -0.05) is 18.2 Å². The highest BCUT2D eigenvalue weighted by atomic mass is 16.3. The van der Waals surface area contributed by atoms with E-state index in [0.717, 1.165) is 11.1 Å². The lowest BCUT2D eigenvalue weighted by Gasteiger charge is -2.11. The van der Waals surface area contributed by atoms with Gasteiger partial charge in [0.05, 0.1) is 0 Å². The van der Waals surface area contributed by atoms with Gasteiger partial charge >= 0.3 is 0 Å². The van der Waals surface area contributed by atoms with Crippen LogP contribution in [0.5, 0.6) is 5.75 Å². The molecule has 1 atom stereocenters. The van der Waals surface area contributed by atoms with Crippen LogP contribution < -0.4 is 5.73 Å². The fourth-order valence-corrected chi connectivity index (χ4v) is 1.27. The fraction of sp³-hybridized carbons (Fsp3) is 0.273. The Kier molecular flexibility index (Phi) is 3.09. The van der Waals surface area contributed by atoms with Crippen LogP contribution in [0.15, 0.2) is 30.9 Å². The van der Waals surface area contributed by atoms with Crippen molar-refractivity contribution in [2.75, 3.05) is 0 Å². The third-order valence-corrected chi connectivity index (χ3v) is 2.01. The van der Waals surface area contributed by atoms with Crippen molar-refractivity contribution in [2.24, 2.45) is 5.73 Å². The molecule has 1 rings (SSSR count). The molecule has 0 saturated heterocycles. The van der Waals surface area contributed by atoms with Gasteiger partial charge in [-0.2, -0.15) is 0 Å². The van der Waals surface area contributed by atoms with E-state index < -0.39 is 0 Å². The number of phenols is 1. The van der Waals surface area contributed by atoms with E-state index in [1.54, 1.807) is 12.1 Å². The van der Waals surface area contributed by atoms with Crippen LogP contribution in [0.4, 0.5) is 0 Å². The molecule has 0 saturated carbocycles. The van der Waals surface area contributed by atoms with E-state index in [0.29, 0.717) is 6.42 Å². The smallest absolute Gasteiger partial charge is 0.120 e. The molecule has 0 fully saturated rings. The van der Waals surface area contributed by atoms with Gasteiger partial charge in [0.15, 0.2) is 0 Å². The van der Waals surface area contributed by atoms with Crippen LogP contribution in [0.1, 0.15) is 23.6 Å². The van der Waals surface area contributed by atoms with Gasteiger partial charge < -0.3 is 10.8 Å². The summed E-state index contributed by atoms with van der Waals surface area (Å²) < 4.78 is 0. The number of aromatic hydroxyl groups is 1. The van der Waals surface area contributed by atoms with Crippen molar-refractivity contribution in [2.45, 2.75) is 19.4 Å². The number of phenolic OH excluding ortho intramolecular Hbond substituents is 1. The highest BCUT2D eigenvalue weighted by molar-refractivity contribution is 5.38. The lowest BCUT2D eigenvalue weighted by atomic mass is 10.0. The van der Waals surface area contributed by atoms with Crippen molar-refractivity contribution in [1.82, 2.24) is 0 Å². The Bertz CT molecular complexity index is 307. The highest BCUT2D eigenvalue weighted by Crippen LogP contribution is 2.25. The van der Waals surface area contributed by atoms with Gasteiger partial charge in [0.1, 0.15) is 5.75 Å². The third-order valence-electron chi connectivity index (χ3n) is 2.01. The topological polar surface area (TPSA) is 46.2 Å². The van der Waals surface area contributed by atoms with Crippen LogP contribution in [0.2, 0.25) is 0 Å². The third kappa shape index (κ3) is 2.33. The van der Waals surface area contributed by atoms with Crippen LogP contribution >= 0.6 is 0 Å². The summed E-state index contributed by atoms with van der Waals surface area (Å²) in [5.41, 5.74) is 7.64. The lowest BCUT2D eigenvalue weighted by Crippen LogP contribution is -2.09. The average molecular weight is 177 g/mol. The van der Waals surface area contributed by atoms with E-state index >= 15 is 0 Å². The van der Waals surface area contributed by atoms with E-state index in [1.807, 2.05) is 19.1 Å². The van der Waals surface area contributed by atoms with Crippen molar-refractivity contribution < 1.29 is 5.11 Å². The summed E-state index contributed by atoms with van der Waals surface area (Å²) in [6.07, 6.45) is 2.43. The Morgan fingerprint density at radius 2 is 2.31 bits per heavy atom. The largest absolute Gasteiger partial charge is 0.508 e. The summed E-state index contributed by atoms with van der Waals surface area (Å²) in [7, 11) is 0. The molecule has 2 nitrogen and oxygen atoms in total. The number of hydrogen-bond donors (Lipinski definition) is 2. The molecule has 1 aromatic rings. The van der Waals surface area contributed by atoms with E-state index in [-0.39, 0.29) is 11.8 Å². The molecule has 2 heteroatoms. The summed E-state index contributed by atoms with van der Waals surface area (Å²) >= 11 is 0. The molecule has 0 heterocycles. The summed E-state index contributed by atoms with van der Waals surface area (Å²) in [5, 5.41) is 9.57. The zero-order valence-electron chi connectivity index (χ0n) is 7.83. The molecular formula is C11H15NO. The maximum absolute atomic E-state index is 9.57. The van der Waals surface area contributed by atoms with Gasteiger partial charge in [-0.25, -0.2) is 0 Å². The van der Waals surface area contributed by atoms with E-state index in [1.165, 1.54) is 0 Å². The standard InChI is InChI=1S/C11H15NO/c1-3-4-10(12)9-6-5-8(2)7-11(9)13/h3,5-7,10,13H,1,4,12H2,2H3. The molecule has 1 unspecified atom stereocenters. The predicted molar refractivity (Wildman–Crippen MR) is 54.6 cm³/mol. The summed E-state index contributed by atoms with van der Waals surface area (Å²) in [6, 6.07) is 5.37. The van der Waals surface area contributed by atoms with E-state index in [9.17, 15) is 5.11 Å². The number of rotatable bonds is 3. The van der Waals surface area contributed by atoms with Gasteiger partial charge in [0, 0.05) is 11.6 Å². The predicted octanol–water partition coefficient (Wildman–Crippen LogP) is 2.28. The van der Waals surface area contributed by atoms with Gasteiger partial charge in [-0.05, 0) is 25.0 Å². The van der Waals surface area contributed by atoms with Crippen molar-refractivity contribution in [3.05, 3.63) is 42.0 Å². The molecule has 1 aromatic carbocycles.